The van der Waals surface area contributed by atoms with Gasteiger partial charge >= 0.3 is 0 Å². The lowest BCUT2D eigenvalue weighted by molar-refractivity contribution is -0.137. The van der Waals surface area contributed by atoms with Gasteiger partial charge in [0.2, 0.25) is 0 Å². The Labute approximate surface area is 402 Å². The van der Waals surface area contributed by atoms with Gasteiger partial charge in [0, 0.05) is 19.8 Å². The van der Waals surface area contributed by atoms with Gasteiger partial charge in [-0.05, 0) is 179 Å². The van der Waals surface area contributed by atoms with Crippen LogP contribution in [0.4, 0.5) is 0 Å². The third-order valence-electron chi connectivity index (χ3n) is 20.5. The molecule has 4 aliphatic carbocycles. The molecular weight excluding hydrogens is 777 g/mol. The molecule has 0 spiro atoms. The molecule has 2 nitrogen and oxygen atoms in total. The Bertz CT molecular complexity index is 1220. The van der Waals surface area contributed by atoms with Crippen LogP contribution in [0.1, 0.15) is 292 Å². The van der Waals surface area contributed by atoms with E-state index >= 15 is 0 Å². The fourth-order valence-electron chi connectivity index (χ4n) is 15.8. The minimum atomic E-state index is 0.480. The summed E-state index contributed by atoms with van der Waals surface area (Å²) in [6.45, 7) is 21.1. The van der Waals surface area contributed by atoms with Crippen LogP contribution in [0.5, 0.6) is 0 Å². The molecule has 0 aromatic carbocycles. The molecule has 4 saturated carbocycles. The molecule has 5 rings (SSSR count). The van der Waals surface area contributed by atoms with Crippen LogP contribution in [0.25, 0.3) is 0 Å². The summed E-state index contributed by atoms with van der Waals surface area (Å²) in [7, 11) is 0. The number of rotatable bonds is 34. The Morgan fingerprint density at radius 2 is 1.19 bits per heavy atom. The molecule has 0 amide bonds. The lowest BCUT2D eigenvalue weighted by Gasteiger charge is -2.63. The second-order valence-corrected chi connectivity index (χ2v) is 25.2. The number of hydrogen-bond donors (Lipinski definition) is 0. The maximum Gasteiger partial charge on any atom is 0.0577 e. The van der Waals surface area contributed by atoms with E-state index in [1.807, 2.05) is 0 Å². The zero-order chi connectivity index (χ0) is 45.5. The average Bonchev–Trinajstić information content (AvgIpc) is 3.57. The third-order valence-corrected chi connectivity index (χ3v) is 20.5. The molecule has 5 aliphatic rings. The Morgan fingerprint density at radius 3 is 1.88 bits per heavy atom. The summed E-state index contributed by atoms with van der Waals surface area (Å²) in [6.07, 6.45) is 59.4. The van der Waals surface area contributed by atoms with Crippen molar-refractivity contribution in [1.29, 1.82) is 0 Å². The van der Waals surface area contributed by atoms with E-state index in [0.29, 0.717) is 22.3 Å². The SMILES string of the molecule is CCCCCCCCC=CCCCCCCCCCCC(CC1CCOCC1)OCCCCCCCC1CCC2(C)C(CCC3C2CCC2(C)C3CCC2(C)C(C)CCCC(C)C)C1. The van der Waals surface area contributed by atoms with Crippen molar-refractivity contribution in [1.82, 2.24) is 0 Å². The van der Waals surface area contributed by atoms with Crippen LogP contribution in [-0.2, 0) is 9.47 Å². The zero-order valence-electron chi connectivity index (χ0n) is 44.7. The lowest BCUT2D eigenvalue weighted by atomic mass is 9.42. The molecule has 64 heavy (non-hydrogen) atoms. The van der Waals surface area contributed by atoms with E-state index < -0.39 is 0 Å². The van der Waals surface area contributed by atoms with Gasteiger partial charge in [0.25, 0.3) is 0 Å². The normalized spacial score (nSPS) is 31.9. The van der Waals surface area contributed by atoms with Crippen LogP contribution < -0.4 is 0 Å². The predicted molar refractivity (Wildman–Crippen MR) is 280 cm³/mol. The van der Waals surface area contributed by atoms with Crippen molar-refractivity contribution < 1.29 is 9.47 Å². The van der Waals surface area contributed by atoms with Gasteiger partial charge in [0.1, 0.15) is 0 Å². The van der Waals surface area contributed by atoms with Gasteiger partial charge in [0.05, 0.1) is 6.10 Å². The molecule has 0 bridgehead atoms. The maximum absolute atomic E-state index is 6.70. The van der Waals surface area contributed by atoms with Crippen molar-refractivity contribution in [3.8, 4) is 0 Å². The molecule has 10 unspecified atom stereocenters. The largest absolute Gasteiger partial charge is 0.381 e. The van der Waals surface area contributed by atoms with E-state index in [4.69, 9.17) is 9.47 Å². The zero-order valence-corrected chi connectivity index (χ0v) is 44.7. The summed E-state index contributed by atoms with van der Waals surface area (Å²) in [5, 5.41) is 0. The van der Waals surface area contributed by atoms with Crippen LogP contribution >= 0.6 is 0 Å². The highest BCUT2D eigenvalue weighted by Crippen LogP contribution is 2.72. The van der Waals surface area contributed by atoms with E-state index in [0.717, 1.165) is 67.2 Å². The predicted octanol–water partition coefficient (Wildman–Crippen LogP) is 19.9. The highest BCUT2D eigenvalue weighted by atomic mass is 16.5. The van der Waals surface area contributed by atoms with Crippen molar-refractivity contribution in [2.75, 3.05) is 19.8 Å². The Morgan fingerprint density at radius 1 is 0.562 bits per heavy atom. The molecule has 0 radical (unpaired) electrons. The minimum absolute atomic E-state index is 0.480. The molecule has 1 saturated heterocycles. The summed E-state index contributed by atoms with van der Waals surface area (Å²) >= 11 is 0. The fourth-order valence-corrected chi connectivity index (χ4v) is 15.8. The van der Waals surface area contributed by atoms with E-state index in [9.17, 15) is 0 Å². The van der Waals surface area contributed by atoms with Crippen molar-refractivity contribution in [2.24, 2.45) is 63.6 Å². The topological polar surface area (TPSA) is 18.5 Å². The van der Waals surface area contributed by atoms with E-state index in [1.54, 1.807) is 32.1 Å². The number of allylic oxidation sites excluding steroid dienone is 2. The summed E-state index contributed by atoms with van der Waals surface area (Å²) in [5.41, 5.74) is 1.77. The first-order chi connectivity index (χ1) is 31.1. The van der Waals surface area contributed by atoms with E-state index in [-0.39, 0.29) is 0 Å². The van der Waals surface area contributed by atoms with E-state index in [1.165, 1.54) is 212 Å². The maximum atomic E-state index is 6.70. The first kappa shape index (κ1) is 54.6. The van der Waals surface area contributed by atoms with Crippen molar-refractivity contribution in [3.63, 3.8) is 0 Å². The number of hydrogen-bond acceptors (Lipinski definition) is 2. The van der Waals surface area contributed by atoms with Crippen LogP contribution in [0.15, 0.2) is 12.2 Å². The smallest absolute Gasteiger partial charge is 0.0577 e. The molecule has 10 atom stereocenters. The van der Waals surface area contributed by atoms with Crippen LogP contribution in [0, 0.1) is 63.6 Å². The third kappa shape index (κ3) is 16.7. The molecule has 0 aromatic rings. The number of fused-ring (bicyclic) bond motifs is 5. The Hall–Kier alpha value is -0.340. The molecule has 1 aliphatic heterocycles. The second-order valence-electron chi connectivity index (χ2n) is 25.2. The van der Waals surface area contributed by atoms with Gasteiger partial charge in [-0.15, -0.1) is 0 Å². The fraction of sp³-hybridized carbons (Fsp3) is 0.968. The van der Waals surface area contributed by atoms with Gasteiger partial charge < -0.3 is 9.47 Å². The number of unbranched alkanes of at least 4 members (excludes halogenated alkanes) is 18. The average molecular weight is 892 g/mol. The molecule has 0 N–H and O–H groups in total. The molecule has 374 valence electrons. The lowest BCUT2D eigenvalue weighted by Crippen LogP contribution is -2.55. The quantitative estimate of drug-likeness (QED) is 0.0473. The summed E-state index contributed by atoms with van der Waals surface area (Å²) in [6, 6.07) is 0. The highest BCUT2D eigenvalue weighted by molar-refractivity contribution is 5.13. The molecule has 5 fully saturated rings. The van der Waals surface area contributed by atoms with Crippen LogP contribution in [-0.4, -0.2) is 25.9 Å². The summed E-state index contributed by atoms with van der Waals surface area (Å²) < 4.78 is 12.4. The van der Waals surface area contributed by atoms with Gasteiger partial charge in [-0.25, -0.2) is 0 Å². The first-order valence-corrected chi connectivity index (χ1v) is 29.9. The van der Waals surface area contributed by atoms with Gasteiger partial charge in [0.15, 0.2) is 0 Å². The van der Waals surface area contributed by atoms with Crippen molar-refractivity contribution in [3.05, 3.63) is 12.2 Å². The van der Waals surface area contributed by atoms with Crippen LogP contribution in [0.3, 0.4) is 0 Å². The van der Waals surface area contributed by atoms with Crippen molar-refractivity contribution >= 4 is 0 Å². The monoisotopic (exact) mass is 891 g/mol. The van der Waals surface area contributed by atoms with Gasteiger partial charge in [-0.3, -0.25) is 0 Å². The number of ether oxygens (including phenoxy) is 2. The standard InChI is InChI=1S/C62H114O2/c1-8-9-10-11-12-13-14-15-16-17-18-19-20-21-22-23-26-29-35-56(50-54-41-47-63-48-42-54)64-46-30-27-24-25-28-34-53-38-43-60(5)55(49-53)36-37-57-58(60)39-45-62(7)59(57)40-44-61(62,6)52(4)33-31-32-51(2)3/h15-16,51-59H,8-14,17-50H2,1-7H3. The Kier molecular flexibility index (Phi) is 25.3. The second kappa shape index (κ2) is 29.6. The highest BCUT2D eigenvalue weighted by Gasteiger charge is 2.64. The van der Waals surface area contributed by atoms with E-state index in [2.05, 4.69) is 60.6 Å². The molecular formula is C62H114O2. The van der Waals surface area contributed by atoms with Crippen LogP contribution in [0.2, 0.25) is 0 Å². The summed E-state index contributed by atoms with van der Waals surface area (Å²) in [4.78, 5) is 0. The van der Waals surface area contributed by atoms with Crippen molar-refractivity contribution in [2.45, 2.75) is 299 Å². The molecule has 2 heteroatoms. The minimum Gasteiger partial charge on any atom is -0.381 e. The Balaban J connectivity index is 0.893. The molecule has 1 heterocycles. The summed E-state index contributed by atoms with van der Waals surface area (Å²) in [5.74, 6) is 7.61. The first-order valence-electron chi connectivity index (χ1n) is 29.9. The van der Waals surface area contributed by atoms with Gasteiger partial charge in [-0.2, -0.15) is 0 Å². The van der Waals surface area contributed by atoms with Gasteiger partial charge in [-0.1, -0.05) is 189 Å². The molecule has 0 aromatic heterocycles.